The molecule has 1 spiro atoms. The minimum Gasteiger partial charge on any atom is -0.463 e. The molecule has 3 amide bonds. The van der Waals surface area contributed by atoms with Crippen LogP contribution in [0.4, 0.5) is 18.9 Å². The molecule has 9 nitrogen and oxygen atoms in total. The Morgan fingerprint density at radius 1 is 1.00 bits per heavy atom. The number of rotatable bonds is 12. The van der Waals surface area contributed by atoms with E-state index < -0.39 is 82.3 Å². The first kappa shape index (κ1) is 36.0. The van der Waals surface area contributed by atoms with Crippen molar-refractivity contribution in [3.63, 3.8) is 0 Å². The summed E-state index contributed by atoms with van der Waals surface area (Å²) < 4.78 is 47.7. The number of amides is 3. The van der Waals surface area contributed by atoms with Crippen molar-refractivity contribution >= 4 is 35.2 Å². The molecule has 0 aromatic heterocycles. The third-order valence-corrected chi connectivity index (χ3v) is 9.23. The van der Waals surface area contributed by atoms with Gasteiger partial charge in [-0.15, -0.1) is 0 Å². The Balaban J connectivity index is 1.48. The molecule has 2 aliphatic rings. The van der Waals surface area contributed by atoms with Gasteiger partial charge < -0.3 is 20.3 Å². The molecule has 262 valence electrons. The number of benzene rings is 3. The second kappa shape index (κ2) is 15.1. The highest BCUT2D eigenvalue weighted by Crippen LogP contribution is 2.47. The third-order valence-electron chi connectivity index (χ3n) is 9.23. The van der Waals surface area contributed by atoms with Crippen molar-refractivity contribution in [2.75, 3.05) is 18.5 Å². The van der Waals surface area contributed by atoms with Gasteiger partial charge in [-0.25, -0.2) is 18.0 Å². The minimum atomic E-state index is -1.22. The number of nitrogens with one attached hydrogen (secondary N) is 2. The molecule has 5 rings (SSSR count). The molecule has 2 aliphatic heterocycles. The smallest absolute Gasteiger partial charge is 0.330 e. The fourth-order valence-electron chi connectivity index (χ4n) is 6.77. The number of carbonyl (C=O) groups is 5. The molecule has 0 saturated carbocycles. The van der Waals surface area contributed by atoms with Gasteiger partial charge in [-0.1, -0.05) is 56.3 Å². The molecule has 0 aliphatic carbocycles. The van der Waals surface area contributed by atoms with Crippen molar-refractivity contribution < 1.29 is 41.9 Å². The first-order valence-corrected chi connectivity index (χ1v) is 16.4. The number of Topliss-reactive ketones (excluding diaryl/α,β-unsaturated/α-hetero) is 1. The van der Waals surface area contributed by atoms with E-state index in [4.69, 9.17) is 4.74 Å². The van der Waals surface area contributed by atoms with E-state index in [0.29, 0.717) is 16.8 Å². The zero-order valence-electron chi connectivity index (χ0n) is 27.9. The van der Waals surface area contributed by atoms with Crippen LogP contribution in [0, 0.1) is 29.3 Å². The lowest BCUT2D eigenvalue weighted by Crippen LogP contribution is -2.47. The molecule has 2 N–H and O–H groups in total. The molecule has 4 atom stereocenters. The van der Waals surface area contributed by atoms with Crippen molar-refractivity contribution in [1.29, 1.82) is 0 Å². The monoisotopic (exact) mass is 689 g/mol. The van der Waals surface area contributed by atoms with Crippen molar-refractivity contribution in [3.8, 4) is 0 Å². The normalized spacial score (nSPS) is 19.4. The van der Waals surface area contributed by atoms with E-state index in [-0.39, 0.29) is 31.9 Å². The van der Waals surface area contributed by atoms with Crippen LogP contribution < -0.4 is 10.6 Å². The Hall–Kier alpha value is -5.26. The van der Waals surface area contributed by atoms with Gasteiger partial charge in [0.2, 0.25) is 11.8 Å². The van der Waals surface area contributed by atoms with Crippen LogP contribution >= 0.6 is 0 Å². The number of esters is 1. The Bertz CT molecular complexity index is 1810. The predicted molar refractivity (Wildman–Crippen MR) is 178 cm³/mol. The Kier molecular flexibility index (Phi) is 10.9. The van der Waals surface area contributed by atoms with Crippen LogP contribution in [-0.4, -0.2) is 59.6 Å². The lowest BCUT2D eigenvalue weighted by molar-refractivity contribution is -0.139. The molecule has 2 heterocycles. The van der Waals surface area contributed by atoms with Gasteiger partial charge in [-0.3, -0.25) is 19.2 Å². The zero-order valence-corrected chi connectivity index (χ0v) is 27.9. The van der Waals surface area contributed by atoms with Crippen molar-refractivity contribution in [3.05, 3.63) is 113 Å². The van der Waals surface area contributed by atoms with Crippen LogP contribution in [-0.2, 0) is 35.8 Å². The minimum absolute atomic E-state index is 0.00779. The van der Waals surface area contributed by atoms with Gasteiger partial charge in [0.05, 0.1) is 24.1 Å². The number of hydrogen-bond donors (Lipinski definition) is 2. The standard InChI is InChI=1S/C38H38F3N3O6/c1-4-50-32(46)17-16-26-20-38(27-8-5-6-11-30(27)42-37(38)49)21-44(26)36(48)24(18-23-12-14-25(39)15-13-23)19-31(45)34(22(2)3)43-35(47)33-28(40)9-7-10-29(33)41/h5-17,22,24,26,34H,4,18-21H2,1-3H3,(H,42,49)(H,43,47)/b17-16+/t24-,26-,34+,38+/m1/s1. The molecule has 1 saturated heterocycles. The Morgan fingerprint density at radius 2 is 1.68 bits per heavy atom. The summed E-state index contributed by atoms with van der Waals surface area (Å²) in [5, 5.41) is 5.34. The summed E-state index contributed by atoms with van der Waals surface area (Å²) in [5.41, 5.74) is -0.117. The van der Waals surface area contributed by atoms with Crippen molar-refractivity contribution in [2.24, 2.45) is 11.8 Å². The first-order valence-electron chi connectivity index (χ1n) is 16.4. The van der Waals surface area contributed by atoms with Crippen molar-refractivity contribution in [2.45, 2.75) is 57.5 Å². The van der Waals surface area contributed by atoms with Crippen molar-refractivity contribution in [1.82, 2.24) is 10.2 Å². The largest absolute Gasteiger partial charge is 0.463 e. The number of carbonyl (C=O) groups excluding carboxylic acids is 5. The van der Waals surface area contributed by atoms with Gasteiger partial charge in [0, 0.05) is 30.6 Å². The average Bonchev–Trinajstić information content (AvgIpc) is 3.59. The molecule has 3 aromatic rings. The van der Waals surface area contributed by atoms with Crippen LogP contribution in [0.25, 0.3) is 0 Å². The van der Waals surface area contributed by atoms with Crippen LogP contribution in [0.3, 0.4) is 0 Å². The van der Waals surface area contributed by atoms with E-state index in [0.717, 1.165) is 18.2 Å². The number of halogens is 3. The second-order valence-electron chi connectivity index (χ2n) is 12.9. The van der Waals surface area contributed by atoms with Gasteiger partial charge in [0.25, 0.3) is 5.91 Å². The molecule has 1 fully saturated rings. The maximum absolute atomic E-state index is 14.6. The summed E-state index contributed by atoms with van der Waals surface area (Å²) >= 11 is 0. The SMILES string of the molecule is CCOC(=O)/C=C/[C@@H]1C[C@@]2(CN1C(=O)[C@@H](CC(=O)[C@@H](NC(=O)c1c(F)cccc1F)C(C)C)Cc1ccc(F)cc1)C(=O)Nc1ccccc12. The van der Waals surface area contributed by atoms with Gasteiger partial charge in [-0.05, 0) is 67.1 Å². The van der Waals surface area contributed by atoms with E-state index in [1.807, 2.05) is 0 Å². The molecule has 3 aromatic carbocycles. The highest BCUT2D eigenvalue weighted by Gasteiger charge is 2.55. The van der Waals surface area contributed by atoms with Gasteiger partial charge in [0.1, 0.15) is 23.0 Å². The maximum Gasteiger partial charge on any atom is 0.330 e. The molecule has 12 heteroatoms. The topological polar surface area (TPSA) is 122 Å². The van der Waals surface area contributed by atoms with Gasteiger partial charge in [-0.2, -0.15) is 0 Å². The summed E-state index contributed by atoms with van der Waals surface area (Å²) in [5.74, 6) is -7.41. The van der Waals surface area contributed by atoms with Gasteiger partial charge in [0.15, 0.2) is 5.78 Å². The average molecular weight is 690 g/mol. The number of anilines is 1. The zero-order chi connectivity index (χ0) is 36.2. The van der Waals surface area contributed by atoms with Crippen LogP contribution in [0.15, 0.2) is 78.9 Å². The number of fused-ring (bicyclic) bond motifs is 2. The Labute approximate surface area is 287 Å². The summed E-state index contributed by atoms with van der Waals surface area (Å²) in [6.45, 7) is 5.03. The summed E-state index contributed by atoms with van der Waals surface area (Å²) in [4.78, 5) is 69.0. The second-order valence-corrected chi connectivity index (χ2v) is 12.9. The lowest BCUT2D eigenvalue weighted by Gasteiger charge is -2.29. The first-order chi connectivity index (χ1) is 23.8. The van der Waals surface area contributed by atoms with Crippen LogP contribution in [0.2, 0.25) is 0 Å². The van der Waals surface area contributed by atoms with E-state index in [9.17, 15) is 37.1 Å². The van der Waals surface area contributed by atoms with E-state index in [1.165, 1.54) is 41.3 Å². The van der Waals surface area contributed by atoms with E-state index in [1.54, 1.807) is 45.0 Å². The summed E-state index contributed by atoms with van der Waals surface area (Å²) in [7, 11) is 0. The molecule has 0 bridgehead atoms. The summed E-state index contributed by atoms with van der Waals surface area (Å²) in [6.07, 6.45) is 2.45. The molecule has 0 radical (unpaired) electrons. The maximum atomic E-state index is 14.6. The predicted octanol–water partition coefficient (Wildman–Crippen LogP) is 5.29. The molecular formula is C38H38F3N3O6. The summed E-state index contributed by atoms with van der Waals surface area (Å²) in [6, 6.07) is 13.6. The quantitative estimate of drug-likeness (QED) is 0.197. The fourth-order valence-corrected chi connectivity index (χ4v) is 6.77. The number of nitrogens with zero attached hydrogens (tertiary/aromatic N) is 1. The highest BCUT2D eigenvalue weighted by molar-refractivity contribution is 6.07. The highest BCUT2D eigenvalue weighted by atomic mass is 19.1. The number of likely N-dealkylation sites (tertiary alicyclic amines) is 1. The molecule has 50 heavy (non-hydrogen) atoms. The van der Waals surface area contributed by atoms with E-state index >= 15 is 0 Å². The Morgan fingerprint density at radius 3 is 2.34 bits per heavy atom. The fraction of sp³-hybridized carbons (Fsp3) is 0.342. The number of hydrogen-bond acceptors (Lipinski definition) is 6. The number of ether oxygens (including phenoxy) is 1. The lowest BCUT2D eigenvalue weighted by atomic mass is 9.79. The number of ketones is 1. The van der Waals surface area contributed by atoms with E-state index in [2.05, 4.69) is 10.6 Å². The third kappa shape index (κ3) is 7.49. The molecule has 0 unspecified atom stereocenters. The van der Waals surface area contributed by atoms with Crippen LogP contribution in [0.5, 0.6) is 0 Å². The number of para-hydroxylation sites is 1. The molecular weight excluding hydrogens is 651 g/mol. The van der Waals surface area contributed by atoms with Crippen LogP contribution in [0.1, 0.15) is 55.1 Å². The van der Waals surface area contributed by atoms with Gasteiger partial charge >= 0.3 is 5.97 Å².